The first-order chi connectivity index (χ1) is 21.0. The maximum Gasteiger partial charge on any atom is 0.407 e. The van der Waals surface area contributed by atoms with Crippen LogP contribution in [0.4, 0.5) is 4.79 Å². The molecule has 6 rings (SSSR count). The number of fused-ring (bicyclic) bond motifs is 7. The van der Waals surface area contributed by atoms with Crippen LogP contribution in [0.25, 0.3) is 0 Å². The highest BCUT2D eigenvalue weighted by Gasteiger charge is 2.70. The zero-order valence-corrected chi connectivity index (χ0v) is 29.6. The lowest BCUT2D eigenvalue weighted by Gasteiger charge is -2.72. The molecule has 7 heteroatoms. The molecule has 1 amide bonds. The van der Waals surface area contributed by atoms with Crippen molar-refractivity contribution < 1.29 is 23.9 Å². The largest absolute Gasteiger partial charge is 0.462 e. The van der Waals surface area contributed by atoms with Crippen LogP contribution in [0.15, 0.2) is 11.1 Å². The first-order valence-electron chi connectivity index (χ1n) is 18.1. The van der Waals surface area contributed by atoms with Crippen LogP contribution >= 0.6 is 0 Å². The topological polar surface area (TPSA) is 84.9 Å². The average Bonchev–Trinajstić information content (AvgIpc) is 3.49. The number of hydrogen-bond acceptors (Lipinski definition) is 6. The number of ketones is 1. The Hall–Kier alpha value is -1.89. The van der Waals surface area contributed by atoms with E-state index in [-0.39, 0.29) is 57.4 Å². The fourth-order valence-corrected chi connectivity index (χ4v) is 12.7. The molecule has 1 N–H and O–H groups in total. The second-order valence-corrected chi connectivity index (χ2v) is 17.9. The number of amides is 1. The van der Waals surface area contributed by atoms with E-state index in [4.69, 9.17) is 9.47 Å². The molecule has 0 bridgehead atoms. The van der Waals surface area contributed by atoms with Crippen molar-refractivity contribution in [3.8, 4) is 0 Å². The van der Waals surface area contributed by atoms with Crippen molar-refractivity contribution in [2.75, 3.05) is 26.7 Å². The number of alkyl carbamates (subject to hydrolysis) is 1. The number of allylic oxidation sites excluding steroid dienone is 1. The monoisotopic (exact) mass is 624 g/mol. The second-order valence-electron chi connectivity index (χ2n) is 17.9. The molecule has 5 fully saturated rings. The molecule has 4 saturated carbocycles. The maximum absolute atomic E-state index is 13.8. The van der Waals surface area contributed by atoms with Gasteiger partial charge in [-0.3, -0.25) is 9.59 Å². The van der Waals surface area contributed by atoms with E-state index in [1.54, 1.807) is 6.92 Å². The minimum atomic E-state index is -0.626. The van der Waals surface area contributed by atoms with Crippen LogP contribution in [-0.2, 0) is 19.1 Å². The molecule has 5 unspecified atom stereocenters. The van der Waals surface area contributed by atoms with E-state index in [9.17, 15) is 14.4 Å². The Kier molecular flexibility index (Phi) is 8.14. The van der Waals surface area contributed by atoms with E-state index >= 15 is 0 Å². The number of nitrogens with one attached hydrogen (secondary N) is 1. The lowest BCUT2D eigenvalue weighted by molar-refractivity contribution is -0.231. The zero-order valence-electron chi connectivity index (χ0n) is 29.6. The lowest BCUT2D eigenvalue weighted by Crippen LogP contribution is -2.67. The molecule has 1 saturated heterocycles. The summed E-state index contributed by atoms with van der Waals surface area (Å²) < 4.78 is 11.8. The molecule has 0 spiro atoms. The van der Waals surface area contributed by atoms with E-state index < -0.39 is 5.54 Å². The fraction of sp³-hybridized carbons (Fsp3) is 0.868. The number of rotatable bonds is 5. The Morgan fingerprint density at radius 3 is 2.31 bits per heavy atom. The summed E-state index contributed by atoms with van der Waals surface area (Å²) in [6.07, 6.45) is 9.33. The number of carbonyl (C=O) groups is 3. The predicted molar refractivity (Wildman–Crippen MR) is 175 cm³/mol. The highest BCUT2D eigenvalue weighted by molar-refractivity contribution is 6.02. The van der Waals surface area contributed by atoms with Crippen LogP contribution in [0.2, 0.25) is 0 Å². The van der Waals surface area contributed by atoms with Gasteiger partial charge in [0.15, 0.2) is 5.78 Å². The molecule has 0 radical (unpaired) electrons. The highest BCUT2D eigenvalue weighted by atomic mass is 16.6. The number of hydrogen-bond donors (Lipinski definition) is 1. The molecular weight excluding hydrogens is 564 g/mol. The summed E-state index contributed by atoms with van der Waals surface area (Å²) in [5, 5.41) is 3.37. The smallest absolute Gasteiger partial charge is 0.407 e. The van der Waals surface area contributed by atoms with Gasteiger partial charge in [0.05, 0.1) is 12.1 Å². The first kappa shape index (κ1) is 33.0. The van der Waals surface area contributed by atoms with E-state index in [1.807, 2.05) is 0 Å². The number of Topliss-reactive ketones (excluding diaryl/α,β-unsaturated/α-hetero) is 1. The maximum atomic E-state index is 13.8. The van der Waals surface area contributed by atoms with Crippen molar-refractivity contribution in [1.29, 1.82) is 0 Å². The SMILES string of the molecule is CC(=O)O[C@H]1CC[C@@]2(C)C(CC[C@]3(C)C2CCC2C4=C(C(C)C)C(=O)CC4(NC(=O)OCC4CCN(C)C4)CC[C@]23C)C1(C)C. The number of carbonyl (C=O) groups excluding carboxylic acids is 3. The van der Waals surface area contributed by atoms with Crippen molar-refractivity contribution in [1.82, 2.24) is 10.2 Å². The molecule has 9 atom stereocenters. The Morgan fingerprint density at radius 2 is 1.67 bits per heavy atom. The fourth-order valence-electron chi connectivity index (χ4n) is 12.7. The van der Waals surface area contributed by atoms with Crippen molar-refractivity contribution in [3.63, 3.8) is 0 Å². The van der Waals surface area contributed by atoms with Crippen LogP contribution in [0.1, 0.15) is 120 Å². The van der Waals surface area contributed by atoms with Gasteiger partial charge < -0.3 is 19.7 Å². The van der Waals surface area contributed by atoms with Crippen molar-refractivity contribution in [3.05, 3.63) is 11.1 Å². The molecule has 0 aromatic carbocycles. The quantitative estimate of drug-likeness (QED) is 0.323. The van der Waals surface area contributed by atoms with Gasteiger partial charge >= 0.3 is 12.1 Å². The summed E-state index contributed by atoms with van der Waals surface area (Å²) in [6.45, 7) is 20.6. The van der Waals surface area contributed by atoms with Crippen LogP contribution in [0, 0.1) is 51.2 Å². The number of ether oxygens (including phenoxy) is 2. The van der Waals surface area contributed by atoms with Gasteiger partial charge in [-0.05, 0) is 122 Å². The summed E-state index contributed by atoms with van der Waals surface area (Å²) in [5.74, 6) is 1.89. The molecular formula is C38H60N2O5. The average molecular weight is 625 g/mol. The van der Waals surface area contributed by atoms with Gasteiger partial charge in [-0.2, -0.15) is 0 Å². The van der Waals surface area contributed by atoms with E-state index in [0.717, 1.165) is 76.5 Å². The molecule has 7 nitrogen and oxygen atoms in total. The van der Waals surface area contributed by atoms with E-state index in [2.05, 4.69) is 65.7 Å². The molecule has 1 heterocycles. The summed E-state index contributed by atoms with van der Waals surface area (Å²) in [4.78, 5) is 41.6. The van der Waals surface area contributed by atoms with Gasteiger partial charge in [0.2, 0.25) is 0 Å². The van der Waals surface area contributed by atoms with Crippen molar-refractivity contribution >= 4 is 17.8 Å². The third-order valence-electron chi connectivity index (χ3n) is 15.0. The molecule has 45 heavy (non-hydrogen) atoms. The molecule has 252 valence electrons. The van der Waals surface area contributed by atoms with E-state index in [0.29, 0.717) is 30.8 Å². The summed E-state index contributed by atoms with van der Waals surface area (Å²) in [6, 6.07) is 0. The van der Waals surface area contributed by atoms with Gasteiger partial charge in [0, 0.05) is 31.2 Å². The molecule has 1 aliphatic heterocycles. The first-order valence-corrected chi connectivity index (χ1v) is 18.1. The van der Waals surface area contributed by atoms with Crippen LogP contribution < -0.4 is 5.32 Å². The molecule has 0 aromatic heterocycles. The van der Waals surface area contributed by atoms with Gasteiger partial charge in [-0.15, -0.1) is 0 Å². The third kappa shape index (κ3) is 4.94. The summed E-state index contributed by atoms with van der Waals surface area (Å²) in [7, 11) is 2.11. The number of likely N-dealkylation sites (tertiary alicyclic amines) is 1. The number of esters is 1. The predicted octanol–water partition coefficient (Wildman–Crippen LogP) is 7.33. The van der Waals surface area contributed by atoms with E-state index in [1.165, 1.54) is 5.57 Å². The summed E-state index contributed by atoms with van der Waals surface area (Å²) >= 11 is 0. The van der Waals surface area contributed by atoms with Crippen LogP contribution in [0.3, 0.4) is 0 Å². The van der Waals surface area contributed by atoms with Crippen LogP contribution in [0.5, 0.6) is 0 Å². The van der Waals surface area contributed by atoms with Gasteiger partial charge in [-0.25, -0.2) is 4.79 Å². The minimum absolute atomic E-state index is 0.0247. The van der Waals surface area contributed by atoms with Gasteiger partial charge in [-0.1, -0.05) is 48.5 Å². The summed E-state index contributed by atoms with van der Waals surface area (Å²) in [5.41, 5.74) is 1.86. The van der Waals surface area contributed by atoms with Crippen molar-refractivity contribution in [2.24, 2.45) is 51.2 Å². The standard InChI is InChI=1S/C38H60N2O5/c1-23(2)31-27(42)20-38(39-33(43)44-22-25-14-19-40(9)21-25)18-17-36(7)26(32(31)38)10-11-29-35(6)15-13-30(45-24(3)41)34(4,5)28(35)12-16-37(29,36)8/h23,25-26,28-30H,10-22H2,1-9H3,(H,39,43)/t25?,26?,28?,29?,30-,35-,36+,37+,38?/m0/s1. The lowest BCUT2D eigenvalue weighted by atomic mass is 9.33. The molecule has 5 aliphatic carbocycles. The van der Waals surface area contributed by atoms with Crippen molar-refractivity contribution in [2.45, 2.75) is 131 Å². The zero-order chi connectivity index (χ0) is 32.7. The Bertz CT molecular complexity index is 1270. The van der Waals surface area contributed by atoms with Gasteiger partial charge in [0.1, 0.15) is 6.10 Å². The second kappa shape index (κ2) is 11.1. The highest BCUT2D eigenvalue weighted by Crippen LogP contribution is 2.75. The minimum Gasteiger partial charge on any atom is -0.462 e. The van der Waals surface area contributed by atoms with Crippen LogP contribution in [-0.4, -0.2) is 61.1 Å². The molecule has 0 aromatic rings. The molecule has 6 aliphatic rings. The Morgan fingerprint density at radius 1 is 0.933 bits per heavy atom. The van der Waals surface area contributed by atoms with Gasteiger partial charge in [0.25, 0.3) is 0 Å². The Labute approximate surface area is 272 Å². The third-order valence-corrected chi connectivity index (χ3v) is 15.0. The normalized spacial score (nSPS) is 44.1. The Balaban J connectivity index is 1.30. The number of nitrogens with zero attached hydrogens (tertiary/aromatic N) is 1.